The molecule has 0 aromatic heterocycles. The summed E-state index contributed by atoms with van der Waals surface area (Å²) in [5.41, 5.74) is 0.00484. The van der Waals surface area contributed by atoms with Crippen LogP contribution in [0.2, 0.25) is 5.02 Å². The number of nitrogens with one attached hydrogen (secondary N) is 2. The lowest BCUT2D eigenvalue weighted by atomic mass is 10.1. The summed E-state index contributed by atoms with van der Waals surface area (Å²) in [6.07, 6.45) is 0. The average molecular weight is 496 g/mol. The molecule has 3 amide bonds. The van der Waals surface area contributed by atoms with Gasteiger partial charge >= 0.3 is 12.0 Å². The molecule has 0 atom stereocenters. The van der Waals surface area contributed by atoms with Crippen molar-refractivity contribution in [3.05, 3.63) is 64.7 Å². The minimum absolute atomic E-state index is 0.0458. The Morgan fingerprint density at radius 1 is 1.06 bits per heavy atom. The fourth-order valence-electron chi connectivity index (χ4n) is 2.67. The number of carbonyl (C=O) groups is 3. The Balaban J connectivity index is 2.08. The van der Waals surface area contributed by atoms with Crippen LogP contribution >= 0.6 is 11.6 Å². The molecule has 0 bridgehead atoms. The Bertz CT molecular complexity index is 1130. The molecule has 0 fully saturated rings. The predicted octanol–water partition coefficient (Wildman–Crippen LogP) is 2.94. The molecule has 33 heavy (non-hydrogen) atoms. The van der Waals surface area contributed by atoms with E-state index >= 15 is 0 Å². The first-order valence-electron chi connectivity index (χ1n) is 9.88. The van der Waals surface area contributed by atoms with Crippen LogP contribution in [-0.4, -0.2) is 49.8 Å². The molecule has 9 nitrogen and oxygen atoms in total. The van der Waals surface area contributed by atoms with Gasteiger partial charge in [0, 0.05) is 19.1 Å². The number of sulfonamides is 1. The number of amides is 3. The van der Waals surface area contributed by atoms with E-state index in [4.69, 9.17) is 16.3 Å². The van der Waals surface area contributed by atoms with Crippen molar-refractivity contribution in [3.8, 4) is 0 Å². The average Bonchev–Trinajstić information content (AvgIpc) is 2.71. The largest absolute Gasteiger partial charge is 0.452 e. The van der Waals surface area contributed by atoms with Crippen molar-refractivity contribution in [2.75, 3.05) is 13.7 Å². The molecule has 178 valence electrons. The maximum atomic E-state index is 12.9. The summed E-state index contributed by atoms with van der Waals surface area (Å²) in [6.45, 7) is 4.58. The van der Waals surface area contributed by atoms with Crippen LogP contribution in [0.25, 0.3) is 0 Å². The number of esters is 1. The minimum atomic E-state index is -3.94. The van der Waals surface area contributed by atoms with Crippen molar-refractivity contribution < 1.29 is 27.5 Å². The Hall–Kier alpha value is -2.95. The molecular weight excluding hydrogens is 470 g/mol. The van der Waals surface area contributed by atoms with Gasteiger partial charge < -0.3 is 10.1 Å². The van der Waals surface area contributed by atoms with E-state index in [2.05, 4.69) is 5.32 Å². The van der Waals surface area contributed by atoms with E-state index in [0.29, 0.717) is 0 Å². The number of ether oxygens (including phenoxy) is 1. The van der Waals surface area contributed by atoms with E-state index in [-0.39, 0.29) is 22.0 Å². The molecular formula is C22H26ClN3O6S. The number of halogens is 1. The second-order valence-electron chi connectivity index (χ2n) is 8.22. The Morgan fingerprint density at radius 2 is 1.70 bits per heavy atom. The third kappa shape index (κ3) is 7.85. The first kappa shape index (κ1) is 26.3. The fourth-order valence-corrected chi connectivity index (χ4v) is 4.05. The van der Waals surface area contributed by atoms with E-state index in [0.717, 1.165) is 15.9 Å². The van der Waals surface area contributed by atoms with Crippen molar-refractivity contribution in [1.29, 1.82) is 0 Å². The van der Waals surface area contributed by atoms with Crippen molar-refractivity contribution in [3.63, 3.8) is 0 Å². The van der Waals surface area contributed by atoms with Crippen LogP contribution < -0.4 is 10.6 Å². The summed E-state index contributed by atoms with van der Waals surface area (Å²) in [7, 11) is -2.52. The molecule has 0 unspecified atom stereocenters. The first-order valence-corrected chi connectivity index (χ1v) is 11.7. The van der Waals surface area contributed by atoms with Crippen LogP contribution in [0, 0.1) is 0 Å². The van der Waals surface area contributed by atoms with Gasteiger partial charge in [-0.15, -0.1) is 0 Å². The highest BCUT2D eigenvalue weighted by Crippen LogP contribution is 2.24. The molecule has 0 aliphatic rings. The van der Waals surface area contributed by atoms with Crippen LogP contribution in [0.3, 0.4) is 0 Å². The van der Waals surface area contributed by atoms with Gasteiger partial charge in [-0.25, -0.2) is 18.0 Å². The van der Waals surface area contributed by atoms with E-state index in [1.54, 1.807) is 45.0 Å². The number of hydrogen-bond donors (Lipinski definition) is 2. The minimum Gasteiger partial charge on any atom is -0.452 e. The fraction of sp³-hybridized carbons (Fsp3) is 0.318. The van der Waals surface area contributed by atoms with E-state index in [1.165, 1.54) is 19.2 Å². The zero-order valence-electron chi connectivity index (χ0n) is 18.7. The molecule has 0 aliphatic heterocycles. The third-order valence-corrected chi connectivity index (χ3v) is 6.32. The maximum Gasteiger partial charge on any atom is 0.340 e. The normalized spacial score (nSPS) is 11.7. The quantitative estimate of drug-likeness (QED) is 0.569. The molecule has 0 aliphatic carbocycles. The van der Waals surface area contributed by atoms with Crippen molar-refractivity contribution in [2.24, 2.45) is 0 Å². The van der Waals surface area contributed by atoms with Gasteiger partial charge in [0.2, 0.25) is 10.0 Å². The standard InChI is InChI=1S/C22H26ClN3O6S/c1-22(2,3)25-21(29)24-19(27)14-32-20(28)17-12-16(10-11-18(17)23)33(30,31)26(4)13-15-8-6-5-7-9-15/h5-12H,13-14H2,1-4H3,(H2,24,25,27,29). The lowest BCUT2D eigenvalue weighted by Crippen LogP contribution is -2.49. The summed E-state index contributed by atoms with van der Waals surface area (Å²) in [4.78, 5) is 35.8. The number of imide groups is 1. The lowest BCUT2D eigenvalue weighted by molar-refractivity contribution is -0.123. The second-order valence-corrected chi connectivity index (χ2v) is 10.7. The number of hydrogen-bond acceptors (Lipinski definition) is 6. The first-order chi connectivity index (χ1) is 15.3. The zero-order chi connectivity index (χ0) is 24.8. The highest BCUT2D eigenvalue weighted by Gasteiger charge is 2.24. The summed E-state index contributed by atoms with van der Waals surface area (Å²) in [6, 6.07) is 11.9. The molecule has 11 heteroatoms. The van der Waals surface area contributed by atoms with E-state index in [9.17, 15) is 22.8 Å². The molecule has 0 saturated carbocycles. The lowest BCUT2D eigenvalue weighted by Gasteiger charge is -2.20. The maximum absolute atomic E-state index is 12.9. The number of benzene rings is 2. The highest BCUT2D eigenvalue weighted by atomic mass is 35.5. The van der Waals surface area contributed by atoms with Gasteiger partial charge in [0.25, 0.3) is 5.91 Å². The summed E-state index contributed by atoms with van der Waals surface area (Å²) < 4.78 is 31.9. The molecule has 2 aromatic carbocycles. The van der Waals surface area contributed by atoms with Crippen LogP contribution in [0.1, 0.15) is 36.7 Å². The summed E-state index contributed by atoms with van der Waals surface area (Å²) >= 11 is 6.05. The van der Waals surface area contributed by atoms with Crippen molar-refractivity contribution >= 4 is 39.5 Å². The monoisotopic (exact) mass is 495 g/mol. The Labute approximate surface area is 198 Å². The third-order valence-electron chi connectivity index (χ3n) is 4.19. The Kier molecular flexibility index (Phi) is 8.59. The summed E-state index contributed by atoms with van der Waals surface area (Å²) in [5, 5.41) is 4.51. The number of nitrogens with zero attached hydrogens (tertiary/aromatic N) is 1. The molecule has 0 heterocycles. The van der Waals surface area contributed by atoms with Gasteiger partial charge in [0.15, 0.2) is 6.61 Å². The van der Waals surface area contributed by atoms with Gasteiger partial charge in [0.05, 0.1) is 15.5 Å². The van der Waals surface area contributed by atoms with Crippen molar-refractivity contribution in [1.82, 2.24) is 14.9 Å². The SMILES string of the molecule is CN(Cc1ccccc1)S(=O)(=O)c1ccc(Cl)c(C(=O)OCC(=O)NC(=O)NC(C)(C)C)c1. The number of urea groups is 1. The van der Waals surface area contributed by atoms with Gasteiger partial charge in [-0.1, -0.05) is 41.9 Å². The van der Waals surface area contributed by atoms with Gasteiger partial charge in [-0.3, -0.25) is 10.1 Å². The van der Waals surface area contributed by atoms with E-state index in [1.807, 2.05) is 11.4 Å². The van der Waals surface area contributed by atoms with Gasteiger partial charge in [-0.2, -0.15) is 4.31 Å². The van der Waals surface area contributed by atoms with E-state index < -0.39 is 40.1 Å². The molecule has 2 aromatic rings. The number of rotatable bonds is 7. The molecule has 0 saturated heterocycles. The predicted molar refractivity (Wildman–Crippen MR) is 123 cm³/mol. The molecule has 2 N–H and O–H groups in total. The van der Waals surface area contributed by atoms with Crippen LogP contribution in [0.15, 0.2) is 53.4 Å². The molecule has 2 rings (SSSR count). The highest BCUT2D eigenvalue weighted by molar-refractivity contribution is 7.89. The molecule has 0 radical (unpaired) electrons. The topological polar surface area (TPSA) is 122 Å². The van der Waals surface area contributed by atoms with Crippen LogP contribution in [0.4, 0.5) is 4.79 Å². The smallest absolute Gasteiger partial charge is 0.340 e. The Morgan fingerprint density at radius 3 is 2.30 bits per heavy atom. The zero-order valence-corrected chi connectivity index (χ0v) is 20.3. The molecule has 0 spiro atoms. The number of carbonyl (C=O) groups excluding carboxylic acids is 3. The van der Waals surface area contributed by atoms with Crippen LogP contribution in [-0.2, 0) is 26.1 Å². The van der Waals surface area contributed by atoms with Crippen LogP contribution in [0.5, 0.6) is 0 Å². The second kappa shape index (κ2) is 10.8. The van der Waals surface area contributed by atoms with Crippen molar-refractivity contribution in [2.45, 2.75) is 37.8 Å². The summed E-state index contributed by atoms with van der Waals surface area (Å²) in [5.74, 6) is -1.86. The van der Waals surface area contributed by atoms with Gasteiger partial charge in [0.1, 0.15) is 0 Å². The van der Waals surface area contributed by atoms with Gasteiger partial charge in [-0.05, 0) is 44.5 Å².